The molecule has 1 atom stereocenters. The Morgan fingerprint density at radius 2 is 1.71 bits per heavy atom. The second-order valence-corrected chi connectivity index (χ2v) is 7.50. The van der Waals surface area contributed by atoms with E-state index in [0.717, 1.165) is 25.9 Å². The van der Waals surface area contributed by atoms with Gasteiger partial charge in [-0.05, 0) is 59.5 Å². The van der Waals surface area contributed by atoms with E-state index in [4.69, 9.17) is 5.73 Å². The maximum atomic E-state index is 11.9. The summed E-state index contributed by atoms with van der Waals surface area (Å²) in [5.74, 6) is 0.608. The van der Waals surface area contributed by atoms with Crippen LogP contribution in [-0.4, -0.2) is 54.5 Å². The van der Waals surface area contributed by atoms with Gasteiger partial charge in [0.25, 0.3) is 0 Å². The molecule has 1 aliphatic rings. The van der Waals surface area contributed by atoms with Crippen molar-refractivity contribution in [3.63, 3.8) is 0 Å². The molecule has 1 fully saturated rings. The molecule has 0 radical (unpaired) electrons. The van der Waals surface area contributed by atoms with E-state index in [2.05, 4.69) is 15.5 Å². The molecule has 0 aromatic heterocycles. The van der Waals surface area contributed by atoms with Gasteiger partial charge in [-0.3, -0.25) is 14.5 Å². The number of nitrogens with zero attached hydrogens (tertiary/aromatic N) is 1. The Bertz CT molecular complexity index is 379. The maximum absolute atomic E-state index is 11.9. The molecule has 1 saturated heterocycles. The molecule has 6 nitrogen and oxygen atoms in total. The van der Waals surface area contributed by atoms with Crippen LogP contribution in [-0.2, 0) is 9.59 Å². The van der Waals surface area contributed by atoms with Crippen LogP contribution in [0.15, 0.2) is 0 Å². The molecule has 0 spiro atoms. The van der Waals surface area contributed by atoms with E-state index in [9.17, 15) is 9.59 Å². The monoisotopic (exact) mass is 384 g/mol. The average molecular weight is 385 g/mol. The highest BCUT2D eigenvalue weighted by Crippen LogP contribution is 2.16. The zero-order valence-corrected chi connectivity index (χ0v) is 16.9. The Balaban J connectivity index is 0. The van der Waals surface area contributed by atoms with Gasteiger partial charge in [-0.1, -0.05) is 0 Å². The van der Waals surface area contributed by atoms with Crippen LogP contribution in [0, 0.1) is 5.92 Å². The van der Waals surface area contributed by atoms with Crippen molar-refractivity contribution in [1.82, 2.24) is 15.5 Å². The number of likely N-dealkylation sites (tertiary alicyclic amines) is 1. The summed E-state index contributed by atoms with van der Waals surface area (Å²) in [5.41, 5.74) is 5.42. The summed E-state index contributed by atoms with van der Waals surface area (Å²) in [7, 11) is 0. The lowest BCUT2D eigenvalue weighted by Crippen LogP contribution is -2.48. The molecule has 8 heteroatoms. The number of hydrogen-bond donors (Lipinski definition) is 3. The number of carbonyl (C=O) groups is 2. The topological polar surface area (TPSA) is 87.5 Å². The van der Waals surface area contributed by atoms with Gasteiger partial charge in [0.2, 0.25) is 11.8 Å². The maximum Gasteiger partial charge on any atom is 0.234 e. The van der Waals surface area contributed by atoms with Crippen molar-refractivity contribution >= 4 is 36.6 Å². The van der Waals surface area contributed by atoms with Crippen molar-refractivity contribution in [2.24, 2.45) is 11.7 Å². The van der Waals surface area contributed by atoms with Gasteiger partial charge in [0.15, 0.2) is 0 Å². The van der Waals surface area contributed by atoms with Crippen molar-refractivity contribution in [2.75, 3.05) is 26.2 Å². The normalized spacial score (nSPS) is 17.2. The van der Waals surface area contributed by atoms with Gasteiger partial charge in [-0.15, -0.1) is 24.8 Å². The Morgan fingerprint density at radius 1 is 1.17 bits per heavy atom. The van der Waals surface area contributed by atoms with Gasteiger partial charge in [0, 0.05) is 24.5 Å². The molecule has 0 aromatic rings. The fourth-order valence-corrected chi connectivity index (χ4v) is 2.63. The molecule has 2 amide bonds. The molecular weight excluding hydrogens is 351 g/mol. The van der Waals surface area contributed by atoms with Crippen LogP contribution in [0.5, 0.6) is 0 Å². The van der Waals surface area contributed by atoms with Gasteiger partial charge < -0.3 is 16.4 Å². The summed E-state index contributed by atoms with van der Waals surface area (Å²) in [6.45, 7) is 10.8. The highest BCUT2D eigenvalue weighted by Gasteiger charge is 2.22. The number of nitrogens with two attached hydrogens (primary N) is 1. The Kier molecular flexibility index (Phi) is 12.7. The summed E-state index contributed by atoms with van der Waals surface area (Å²) >= 11 is 0. The molecule has 4 N–H and O–H groups in total. The van der Waals surface area contributed by atoms with E-state index < -0.39 is 0 Å². The molecule has 144 valence electrons. The number of hydrogen-bond acceptors (Lipinski definition) is 4. The van der Waals surface area contributed by atoms with Gasteiger partial charge >= 0.3 is 0 Å². The fourth-order valence-electron chi connectivity index (χ4n) is 2.63. The standard InChI is InChI=1S/C16H32N4O2.2ClH/c1-12(17)9-14(21)18-10-13-5-7-20(8-6-13)11-15(22)19-16(2,3)4;;/h12-13H,5-11,17H2,1-4H3,(H,18,21)(H,19,22);2*1H. The van der Waals surface area contributed by atoms with Gasteiger partial charge in [-0.2, -0.15) is 0 Å². The van der Waals surface area contributed by atoms with Crippen LogP contribution < -0.4 is 16.4 Å². The molecule has 0 bridgehead atoms. The highest BCUT2D eigenvalue weighted by atomic mass is 35.5. The van der Waals surface area contributed by atoms with Crippen molar-refractivity contribution in [2.45, 2.75) is 58.5 Å². The molecule has 24 heavy (non-hydrogen) atoms. The molecule has 1 aliphatic heterocycles. The van der Waals surface area contributed by atoms with Gasteiger partial charge in [0.1, 0.15) is 0 Å². The highest BCUT2D eigenvalue weighted by molar-refractivity contribution is 5.85. The van der Waals surface area contributed by atoms with E-state index >= 15 is 0 Å². The van der Waals surface area contributed by atoms with Crippen LogP contribution in [0.4, 0.5) is 0 Å². The van der Waals surface area contributed by atoms with Crippen LogP contribution in [0.25, 0.3) is 0 Å². The minimum atomic E-state index is -0.181. The third-order valence-corrected chi connectivity index (χ3v) is 3.68. The van der Waals surface area contributed by atoms with E-state index in [1.54, 1.807) is 0 Å². The molecule has 0 aliphatic carbocycles. The predicted octanol–water partition coefficient (Wildman–Crippen LogP) is 1.31. The number of rotatable bonds is 6. The lowest BCUT2D eigenvalue weighted by molar-refractivity contribution is -0.124. The van der Waals surface area contributed by atoms with Crippen molar-refractivity contribution < 1.29 is 9.59 Å². The first-order chi connectivity index (χ1) is 10.2. The van der Waals surface area contributed by atoms with Crippen LogP contribution in [0.2, 0.25) is 0 Å². The molecule has 0 saturated carbocycles. The molecular formula is C16H34Cl2N4O2. The van der Waals surface area contributed by atoms with E-state index in [1.807, 2.05) is 27.7 Å². The van der Waals surface area contributed by atoms with Crippen molar-refractivity contribution in [3.05, 3.63) is 0 Å². The number of carbonyl (C=O) groups excluding carboxylic acids is 2. The second-order valence-electron chi connectivity index (χ2n) is 7.50. The van der Waals surface area contributed by atoms with E-state index in [1.165, 1.54) is 0 Å². The summed E-state index contributed by atoms with van der Waals surface area (Å²) in [5, 5.41) is 5.94. The van der Waals surface area contributed by atoms with Crippen molar-refractivity contribution in [1.29, 1.82) is 0 Å². The van der Waals surface area contributed by atoms with E-state index in [0.29, 0.717) is 25.4 Å². The first-order valence-electron chi connectivity index (χ1n) is 8.21. The Hall–Kier alpha value is -0.560. The quantitative estimate of drug-likeness (QED) is 0.644. The SMILES string of the molecule is CC(N)CC(=O)NCC1CCN(CC(=O)NC(C)(C)C)CC1.Cl.Cl. The zero-order valence-electron chi connectivity index (χ0n) is 15.3. The van der Waals surface area contributed by atoms with Crippen molar-refractivity contribution in [3.8, 4) is 0 Å². The summed E-state index contributed by atoms with van der Waals surface area (Å²) in [6, 6.07) is -0.0943. The Labute approximate surface area is 158 Å². The molecule has 1 heterocycles. The number of halogens is 2. The summed E-state index contributed by atoms with van der Waals surface area (Å²) in [6.07, 6.45) is 2.41. The van der Waals surface area contributed by atoms with Crippen LogP contribution in [0.3, 0.4) is 0 Å². The van der Waals surface area contributed by atoms with Crippen LogP contribution in [0.1, 0.15) is 47.0 Å². The third kappa shape index (κ3) is 11.9. The Morgan fingerprint density at radius 3 is 2.17 bits per heavy atom. The lowest BCUT2D eigenvalue weighted by atomic mass is 9.96. The second kappa shape index (κ2) is 11.9. The summed E-state index contributed by atoms with van der Waals surface area (Å²) < 4.78 is 0. The number of nitrogens with one attached hydrogen (secondary N) is 2. The number of amides is 2. The largest absolute Gasteiger partial charge is 0.356 e. The molecule has 1 unspecified atom stereocenters. The molecule has 1 rings (SSSR count). The van der Waals surface area contributed by atoms with E-state index in [-0.39, 0.29) is 48.2 Å². The predicted molar refractivity (Wildman–Crippen MR) is 103 cm³/mol. The first-order valence-corrected chi connectivity index (χ1v) is 8.21. The minimum Gasteiger partial charge on any atom is -0.356 e. The third-order valence-electron chi connectivity index (χ3n) is 3.68. The first kappa shape index (κ1) is 25.7. The fraction of sp³-hybridized carbons (Fsp3) is 0.875. The molecule has 0 aromatic carbocycles. The summed E-state index contributed by atoms with van der Waals surface area (Å²) in [4.78, 5) is 25.7. The minimum absolute atomic E-state index is 0. The smallest absolute Gasteiger partial charge is 0.234 e. The van der Waals surface area contributed by atoms with Gasteiger partial charge in [-0.25, -0.2) is 0 Å². The zero-order chi connectivity index (χ0) is 16.8. The average Bonchev–Trinajstić information content (AvgIpc) is 2.34. The van der Waals surface area contributed by atoms with Gasteiger partial charge in [0.05, 0.1) is 6.54 Å². The number of piperidine rings is 1. The van der Waals surface area contributed by atoms with Crippen LogP contribution >= 0.6 is 24.8 Å². The lowest BCUT2D eigenvalue weighted by Gasteiger charge is -2.32.